The second-order valence-corrected chi connectivity index (χ2v) is 12.0. The van der Waals surface area contributed by atoms with Crippen molar-refractivity contribution < 1.29 is 14.0 Å². The predicted octanol–water partition coefficient (Wildman–Crippen LogP) is 6.61. The van der Waals surface area contributed by atoms with Gasteiger partial charge in [0.2, 0.25) is 6.20 Å². The van der Waals surface area contributed by atoms with Crippen molar-refractivity contribution in [1.82, 2.24) is 19.2 Å². The first-order valence-corrected chi connectivity index (χ1v) is 15.2. The van der Waals surface area contributed by atoms with Crippen LogP contribution in [0.25, 0.3) is 55.8 Å². The summed E-state index contributed by atoms with van der Waals surface area (Å²) in [6, 6.07) is 34.0. The minimum atomic E-state index is -0.708. The SMILES string of the molecule is Cc1cc(-c2ccccn2)cnc1-c1cn2[n+](c1)C13c4c(cccc4-2)Oc2ccc4c5ccccc5n(c4c21)-c1cccc[n+]13. The highest BCUT2D eigenvalue weighted by Gasteiger charge is 2.68. The summed E-state index contributed by atoms with van der Waals surface area (Å²) < 4.78 is 16.3. The van der Waals surface area contributed by atoms with Gasteiger partial charge in [0.1, 0.15) is 28.3 Å². The summed E-state index contributed by atoms with van der Waals surface area (Å²) in [4.78, 5) is 9.54. The monoisotopic (exact) mass is 580 g/mol. The molecule has 3 aliphatic heterocycles. The molecule has 8 heterocycles. The van der Waals surface area contributed by atoms with Gasteiger partial charge < -0.3 is 4.74 Å². The van der Waals surface area contributed by atoms with Crippen molar-refractivity contribution in [3.63, 3.8) is 0 Å². The van der Waals surface area contributed by atoms with E-state index in [1.165, 1.54) is 21.8 Å². The Kier molecular flexibility index (Phi) is 4.10. The average Bonchev–Trinajstić information content (AvgIpc) is 3.75. The zero-order chi connectivity index (χ0) is 29.4. The third kappa shape index (κ3) is 2.65. The number of hydrogen-bond acceptors (Lipinski definition) is 3. The molecule has 0 fully saturated rings. The Labute approximate surface area is 257 Å². The maximum atomic E-state index is 6.76. The predicted molar refractivity (Wildman–Crippen MR) is 170 cm³/mol. The summed E-state index contributed by atoms with van der Waals surface area (Å²) >= 11 is 0. The standard InChI is InChI=1S/C38H24N6O/c1-23-19-24(28-10-4-6-17-39-28)20-40-36(23)25-21-42-30-12-8-13-31-34(30)38(43(42)22-25)35-32(45-31)16-15-27-26-9-2-3-11-29(26)44(37(27)35)33-14-5-7-18-41(33)38/h2-22H,1H3/q+2. The van der Waals surface area contributed by atoms with E-state index in [0.29, 0.717) is 0 Å². The van der Waals surface area contributed by atoms with E-state index in [-0.39, 0.29) is 0 Å². The lowest BCUT2D eigenvalue weighted by molar-refractivity contribution is -0.993. The third-order valence-electron chi connectivity index (χ3n) is 9.78. The van der Waals surface area contributed by atoms with E-state index in [9.17, 15) is 0 Å². The highest BCUT2D eigenvalue weighted by atomic mass is 16.5. The van der Waals surface area contributed by atoms with Crippen molar-refractivity contribution >= 4 is 21.8 Å². The van der Waals surface area contributed by atoms with Crippen LogP contribution in [0.2, 0.25) is 0 Å². The van der Waals surface area contributed by atoms with Gasteiger partial charge in [0.25, 0.3) is 5.82 Å². The van der Waals surface area contributed by atoms with E-state index in [0.717, 1.165) is 62.2 Å². The number of hydrogen-bond donors (Lipinski definition) is 0. The fourth-order valence-corrected chi connectivity index (χ4v) is 8.09. The molecule has 0 N–H and O–H groups in total. The van der Waals surface area contributed by atoms with Crippen molar-refractivity contribution in [2.75, 3.05) is 0 Å². The molecule has 7 nitrogen and oxygen atoms in total. The van der Waals surface area contributed by atoms with Crippen LogP contribution in [-0.2, 0) is 5.66 Å². The van der Waals surface area contributed by atoms with Crippen molar-refractivity contribution in [2.45, 2.75) is 12.6 Å². The summed E-state index contributed by atoms with van der Waals surface area (Å²) in [6.45, 7) is 2.13. The molecule has 0 aliphatic carbocycles. The van der Waals surface area contributed by atoms with Crippen LogP contribution in [0.5, 0.6) is 11.5 Å². The number of aryl methyl sites for hydroxylation is 1. The van der Waals surface area contributed by atoms with Crippen LogP contribution in [-0.4, -0.2) is 19.2 Å². The molecule has 3 aliphatic rings. The topological polar surface area (TPSA) is 52.6 Å². The van der Waals surface area contributed by atoms with Gasteiger partial charge in [-0.15, -0.1) is 4.68 Å². The van der Waals surface area contributed by atoms with Crippen molar-refractivity contribution in [1.29, 1.82) is 0 Å². The molecule has 210 valence electrons. The minimum absolute atomic E-state index is 0.708. The Balaban J connectivity index is 1.25. The molecular weight excluding hydrogens is 556 g/mol. The van der Waals surface area contributed by atoms with Crippen molar-refractivity contribution in [3.05, 3.63) is 145 Å². The van der Waals surface area contributed by atoms with Gasteiger partial charge in [-0.2, -0.15) is 9.13 Å². The van der Waals surface area contributed by atoms with Gasteiger partial charge in [-0.3, -0.25) is 9.97 Å². The largest absolute Gasteiger partial charge is 0.456 e. The van der Waals surface area contributed by atoms with E-state index in [4.69, 9.17) is 9.72 Å². The summed E-state index contributed by atoms with van der Waals surface area (Å²) in [5.41, 5.74) is 10.1. The highest BCUT2D eigenvalue weighted by molar-refractivity contribution is 6.11. The van der Waals surface area contributed by atoms with Gasteiger partial charge in [0.15, 0.2) is 11.1 Å². The van der Waals surface area contributed by atoms with Crippen molar-refractivity contribution in [3.8, 4) is 45.5 Å². The maximum absolute atomic E-state index is 6.76. The molecule has 3 aromatic carbocycles. The molecule has 0 saturated carbocycles. The molecule has 0 amide bonds. The smallest absolute Gasteiger partial charge is 0.397 e. The van der Waals surface area contributed by atoms with Gasteiger partial charge >= 0.3 is 5.66 Å². The van der Waals surface area contributed by atoms with E-state index in [1.807, 2.05) is 30.6 Å². The molecule has 8 aromatic rings. The Morgan fingerprint density at radius 2 is 1.67 bits per heavy atom. The fourth-order valence-electron chi connectivity index (χ4n) is 8.09. The van der Waals surface area contributed by atoms with E-state index in [2.05, 4.69) is 128 Å². The maximum Gasteiger partial charge on any atom is 0.397 e. The molecule has 7 heteroatoms. The minimum Gasteiger partial charge on any atom is -0.456 e. The lowest BCUT2D eigenvalue weighted by Gasteiger charge is -2.32. The van der Waals surface area contributed by atoms with Gasteiger partial charge in [-0.25, -0.2) is 0 Å². The van der Waals surface area contributed by atoms with Crippen LogP contribution in [0.3, 0.4) is 0 Å². The molecule has 45 heavy (non-hydrogen) atoms. The molecule has 0 radical (unpaired) electrons. The number of aromatic nitrogens is 6. The molecule has 1 spiro atoms. The second kappa shape index (κ2) is 7.89. The first-order valence-electron chi connectivity index (χ1n) is 15.2. The van der Waals surface area contributed by atoms with Crippen LogP contribution >= 0.6 is 0 Å². The van der Waals surface area contributed by atoms with Gasteiger partial charge in [-0.1, -0.05) is 35.0 Å². The molecule has 1 unspecified atom stereocenters. The zero-order valence-electron chi connectivity index (χ0n) is 24.2. The Morgan fingerprint density at radius 1 is 0.778 bits per heavy atom. The van der Waals surface area contributed by atoms with Gasteiger partial charge in [0, 0.05) is 34.8 Å². The molecule has 0 saturated heterocycles. The van der Waals surface area contributed by atoms with Gasteiger partial charge in [-0.05, 0) is 73.2 Å². The summed E-state index contributed by atoms with van der Waals surface area (Å²) in [5.74, 6) is 2.85. The van der Waals surface area contributed by atoms with Gasteiger partial charge in [0.05, 0.1) is 29.3 Å². The summed E-state index contributed by atoms with van der Waals surface area (Å²) in [6.07, 6.45) is 10.4. The van der Waals surface area contributed by atoms with E-state index < -0.39 is 5.66 Å². The number of para-hydroxylation sites is 1. The molecule has 11 rings (SSSR count). The Morgan fingerprint density at radius 3 is 2.58 bits per heavy atom. The number of benzene rings is 3. The Bertz CT molecular complexity index is 2600. The number of nitrogens with zero attached hydrogens (tertiary/aromatic N) is 6. The number of ether oxygens (including phenoxy) is 1. The van der Waals surface area contributed by atoms with Crippen LogP contribution in [0, 0.1) is 6.92 Å². The number of fused-ring (bicyclic) bond motifs is 7. The fraction of sp³-hybridized carbons (Fsp3) is 0.0526. The first kappa shape index (κ1) is 23.4. The van der Waals surface area contributed by atoms with Crippen LogP contribution in [0.15, 0.2) is 128 Å². The highest BCUT2D eigenvalue weighted by Crippen LogP contribution is 2.55. The third-order valence-corrected chi connectivity index (χ3v) is 9.78. The van der Waals surface area contributed by atoms with Crippen LogP contribution < -0.4 is 14.0 Å². The normalized spacial score (nSPS) is 16.4. The molecule has 5 aromatic heterocycles. The average molecular weight is 581 g/mol. The number of rotatable bonds is 2. The second-order valence-electron chi connectivity index (χ2n) is 12.0. The van der Waals surface area contributed by atoms with Crippen LogP contribution in [0.1, 0.15) is 16.7 Å². The quantitative estimate of drug-likeness (QED) is 0.216. The number of pyridine rings is 3. The van der Waals surface area contributed by atoms with Crippen LogP contribution in [0.4, 0.5) is 0 Å². The van der Waals surface area contributed by atoms with Crippen molar-refractivity contribution in [2.24, 2.45) is 0 Å². The molecule has 1 atom stereocenters. The van der Waals surface area contributed by atoms with E-state index in [1.54, 1.807) is 0 Å². The Hall–Kier alpha value is -6.08. The molecule has 0 bridgehead atoms. The summed E-state index contributed by atoms with van der Waals surface area (Å²) in [7, 11) is 0. The lowest BCUT2D eigenvalue weighted by Crippen LogP contribution is -2.76. The first-order chi connectivity index (χ1) is 22.2. The van der Waals surface area contributed by atoms with E-state index >= 15 is 0 Å². The molecular formula is C38H24N6O+2. The zero-order valence-corrected chi connectivity index (χ0v) is 24.2. The summed E-state index contributed by atoms with van der Waals surface area (Å²) in [5, 5.41) is 2.45. The lowest BCUT2D eigenvalue weighted by atomic mass is 9.84.